The predicted octanol–water partition coefficient (Wildman–Crippen LogP) is 1.34. The highest BCUT2D eigenvalue weighted by molar-refractivity contribution is 5.75. The predicted molar refractivity (Wildman–Crippen MR) is 33.5 cm³/mol. The molecule has 0 aliphatic heterocycles. The van der Waals surface area contributed by atoms with Crippen molar-refractivity contribution < 1.29 is 14.3 Å². The zero-order valence-corrected chi connectivity index (χ0v) is 5.04. The van der Waals surface area contributed by atoms with Crippen molar-refractivity contribution in [1.82, 2.24) is 0 Å². The van der Waals surface area contributed by atoms with E-state index in [1.54, 1.807) is 0 Å². The smallest absolute Gasteiger partial charge is 0.150 e. The van der Waals surface area contributed by atoms with Gasteiger partial charge in [0.2, 0.25) is 0 Å². The SMILES string of the molecule is O=Cc1cc(O)cc(F)c1. The number of aldehydes is 1. The minimum Gasteiger partial charge on any atom is -0.508 e. The lowest BCUT2D eigenvalue weighted by Gasteiger charge is -1.92. The Kier molecular flexibility index (Phi) is 1.67. The van der Waals surface area contributed by atoms with Crippen molar-refractivity contribution in [3.8, 4) is 5.75 Å². The molecule has 2 nitrogen and oxygen atoms in total. The summed E-state index contributed by atoms with van der Waals surface area (Å²) >= 11 is 0. The van der Waals surface area contributed by atoms with Gasteiger partial charge in [-0.1, -0.05) is 0 Å². The number of hydrogen-bond acceptors (Lipinski definition) is 2. The van der Waals surface area contributed by atoms with Crippen molar-refractivity contribution in [2.75, 3.05) is 0 Å². The molecule has 0 fully saturated rings. The molecule has 0 bridgehead atoms. The van der Waals surface area contributed by atoms with E-state index in [9.17, 15) is 9.18 Å². The van der Waals surface area contributed by atoms with E-state index in [0.717, 1.165) is 12.1 Å². The van der Waals surface area contributed by atoms with Gasteiger partial charge in [0, 0.05) is 11.6 Å². The van der Waals surface area contributed by atoms with Gasteiger partial charge in [0.05, 0.1) is 0 Å². The molecule has 0 aliphatic carbocycles. The van der Waals surface area contributed by atoms with Gasteiger partial charge < -0.3 is 5.11 Å². The van der Waals surface area contributed by atoms with Crippen molar-refractivity contribution in [2.45, 2.75) is 0 Å². The largest absolute Gasteiger partial charge is 0.508 e. The minimum atomic E-state index is -0.609. The van der Waals surface area contributed by atoms with Crippen LogP contribution in [0.3, 0.4) is 0 Å². The van der Waals surface area contributed by atoms with Crippen LogP contribution in [0.1, 0.15) is 10.4 Å². The van der Waals surface area contributed by atoms with Crippen molar-refractivity contribution in [1.29, 1.82) is 0 Å². The normalized spacial score (nSPS) is 9.30. The average Bonchev–Trinajstić information content (AvgIpc) is 1.85. The Morgan fingerprint density at radius 2 is 2.10 bits per heavy atom. The number of carbonyl (C=O) groups excluding carboxylic acids is 1. The first kappa shape index (κ1) is 6.74. The van der Waals surface area contributed by atoms with Crippen LogP contribution in [0.5, 0.6) is 5.75 Å². The van der Waals surface area contributed by atoms with Gasteiger partial charge in [0.15, 0.2) is 0 Å². The Morgan fingerprint density at radius 3 is 2.60 bits per heavy atom. The number of benzene rings is 1. The average molecular weight is 140 g/mol. The maximum Gasteiger partial charge on any atom is 0.150 e. The molecule has 0 saturated heterocycles. The molecule has 0 heterocycles. The molecule has 1 rings (SSSR count). The molecule has 0 atom stereocenters. The fourth-order valence-electron chi connectivity index (χ4n) is 0.664. The number of carbonyl (C=O) groups is 1. The summed E-state index contributed by atoms with van der Waals surface area (Å²) in [5.41, 5.74) is 0.137. The first-order chi connectivity index (χ1) is 4.72. The Hall–Kier alpha value is -1.38. The summed E-state index contributed by atoms with van der Waals surface area (Å²) in [5, 5.41) is 8.73. The molecule has 0 unspecified atom stereocenters. The summed E-state index contributed by atoms with van der Waals surface area (Å²) in [7, 11) is 0. The molecule has 1 aromatic rings. The summed E-state index contributed by atoms with van der Waals surface area (Å²) in [5.74, 6) is -0.843. The van der Waals surface area contributed by atoms with E-state index < -0.39 is 5.82 Å². The number of aromatic hydroxyl groups is 1. The van der Waals surface area contributed by atoms with Gasteiger partial charge in [0.1, 0.15) is 17.9 Å². The molecule has 0 aliphatic rings. The first-order valence-electron chi connectivity index (χ1n) is 2.67. The molecule has 3 heteroatoms. The maximum atomic E-state index is 12.3. The van der Waals surface area contributed by atoms with Crippen molar-refractivity contribution in [3.05, 3.63) is 29.6 Å². The van der Waals surface area contributed by atoms with E-state index in [0.29, 0.717) is 6.29 Å². The second kappa shape index (κ2) is 2.47. The second-order valence-electron chi connectivity index (χ2n) is 1.86. The zero-order valence-electron chi connectivity index (χ0n) is 5.04. The number of halogens is 1. The van der Waals surface area contributed by atoms with Crippen LogP contribution in [-0.2, 0) is 0 Å². The van der Waals surface area contributed by atoms with Crippen LogP contribution >= 0.6 is 0 Å². The minimum absolute atomic E-state index is 0.137. The topological polar surface area (TPSA) is 37.3 Å². The van der Waals surface area contributed by atoms with E-state index >= 15 is 0 Å². The van der Waals surface area contributed by atoms with Gasteiger partial charge >= 0.3 is 0 Å². The Morgan fingerprint density at radius 1 is 1.40 bits per heavy atom. The van der Waals surface area contributed by atoms with Crippen LogP contribution in [0.25, 0.3) is 0 Å². The molecule has 0 aromatic heterocycles. The highest BCUT2D eigenvalue weighted by Crippen LogP contribution is 2.12. The first-order valence-corrected chi connectivity index (χ1v) is 2.67. The molecule has 0 radical (unpaired) electrons. The molecule has 52 valence electrons. The van der Waals surface area contributed by atoms with Gasteiger partial charge in [-0.3, -0.25) is 4.79 Å². The highest BCUT2D eigenvalue weighted by atomic mass is 19.1. The van der Waals surface area contributed by atoms with E-state index in [1.165, 1.54) is 6.07 Å². The summed E-state index contributed by atoms with van der Waals surface area (Å²) in [6.07, 6.45) is 0.475. The van der Waals surface area contributed by atoms with E-state index in [2.05, 4.69) is 0 Å². The molecular weight excluding hydrogens is 135 g/mol. The molecule has 0 saturated carbocycles. The third kappa shape index (κ3) is 1.31. The number of phenolic OH excluding ortho intramolecular Hbond substituents is 1. The molecule has 1 aromatic carbocycles. The molecule has 10 heavy (non-hydrogen) atoms. The summed E-state index contributed by atoms with van der Waals surface area (Å²) in [6.45, 7) is 0. The fourth-order valence-corrected chi connectivity index (χ4v) is 0.664. The summed E-state index contributed by atoms with van der Waals surface area (Å²) in [4.78, 5) is 10.0. The monoisotopic (exact) mass is 140 g/mol. The van der Waals surface area contributed by atoms with Gasteiger partial charge in [-0.25, -0.2) is 4.39 Å². The maximum absolute atomic E-state index is 12.3. The van der Waals surface area contributed by atoms with E-state index in [1.807, 2.05) is 0 Å². The Balaban J connectivity index is 3.18. The number of rotatable bonds is 1. The number of hydrogen-bond donors (Lipinski definition) is 1. The Labute approximate surface area is 56.9 Å². The van der Waals surface area contributed by atoms with Gasteiger partial charge in [-0.2, -0.15) is 0 Å². The van der Waals surface area contributed by atoms with E-state index in [-0.39, 0.29) is 11.3 Å². The van der Waals surface area contributed by atoms with Crippen LogP contribution in [0.2, 0.25) is 0 Å². The fraction of sp³-hybridized carbons (Fsp3) is 0. The standard InChI is InChI=1S/C7H5FO2/c8-6-1-5(4-9)2-7(10)3-6/h1-4,10H. The van der Waals surface area contributed by atoms with Gasteiger partial charge in [-0.15, -0.1) is 0 Å². The van der Waals surface area contributed by atoms with Crippen molar-refractivity contribution in [2.24, 2.45) is 0 Å². The zero-order chi connectivity index (χ0) is 7.56. The molecular formula is C7H5FO2. The van der Waals surface area contributed by atoms with Crippen molar-refractivity contribution >= 4 is 6.29 Å². The van der Waals surface area contributed by atoms with Crippen LogP contribution in [0.4, 0.5) is 4.39 Å². The van der Waals surface area contributed by atoms with Crippen LogP contribution in [-0.4, -0.2) is 11.4 Å². The van der Waals surface area contributed by atoms with Gasteiger partial charge in [0.25, 0.3) is 0 Å². The number of phenols is 1. The third-order valence-electron chi connectivity index (χ3n) is 1.04. The summed E-state index contributed by atoms with van der Waals surface area (Å²) < 4.78 is 12.3. The van der Waals surface area contributed by atoms with Crippen LogP contribution < -0.4 is 0 Å². The lowest BCUT2D eigenvalue weighted by Crippen LogP contribution is -1.81. The molecule has 0 amide bonds. The lowest BCUT2D eigenvalue weighted by atomic mass is 10.2. The van der Waals surface area contributed by atoms with Crippen molar-refractivity contribution in [3.63, 3.8) is 0 Å². The summed E-state index contributed by atoms with van der Waals surface area (Å²) in [6, 6.07) is 3.18. The quantitative estimate of drug-likeness (QED) is 0.597. The second-order valence-corrected chi connectivity index (χ2v) is 1.86. The van der Waals surface area contributed by atoms with Crippen LogP contribution in [0.15, 0.2) is 18.2 Å². The molecule has 1 N–H and O–H groups in total. The molecule has 0 spiro atoms. The Bertz CT molecular complexity index is 238. The third-order valence-corrected chi connectivity index (χ3v) is 1.04. The van der Waals surface area contributed by atoms with Crippen LogP contribution in [0, 0.1) is 5.82 Å². The van der Waals surface area contributed by atoms with E-state index in [4.69, 9.17) is 5.11 Å². The van der Waals surface area contributed by atoms with Gasteiger partial charge in [-0.05, 0) is 12.1 Å². The highest BCUT2D eigenvalue weighted by Gasteiger charge is 1.96. The lowest BCUT2D eigenvalue weighted by molar-refractivity contribution is 0.112.